The van der Waals surface area contributed by atoms with Gasteiger partial charge in [-0.05, 0) is 29.7 Å². The van der Waals surface area contributed by atoms with Gasteiger partial charge in [-0.3, -0.25) is 4.79 Å². The molecule has 0 spiro atoms. The molecule has 2 rings (SSSR count). The lowest BCUT2D eigenvalue weighted by Crippen LogP contribution is -2.39. The van der Waals surface area contributed by atoms with Crippen molar-refractivity contribution in [3.63, 3.8) is 0 Å². The van der Waals surface area contributed by atoms with Crippen LogP contribution in [-0.4, -0.2) is 28.8 Å². The van der Waals surface area contributed by atoms with Crippen LogP contribution >= 0.6 is 0 Å². The molecule has 1 aromatic heterocycles. The molecule has 1 amide bonds. The lowest BCUT2D eigenvalue weighted by atomic mass is 9.89. The Morgan fingerprint density at radius 1 is 1.36 bits per heavy atom. The number of hydrogen-bond donors (Lipinski definition) is 2. The van der Waals surface area contributed by atoms with E-state index in [9.17, 15) is 14.3 Å². The molecule has 1 aromatic carbocycles. The number of halogens is 1. The van der Waals surface area contributed by atoms with E-state index in [-0.39, 0.29) is 23.5 Å². The number of nitrogens with zero attached hydrogens (tertiary/aromatic N) is 1. The van der Waals surface area contributed by atoms with Gasteiger partial charge in [0.1, 0.15) is 5.82 Å². The molecule has 0 radical (unpaired) electrons. The number of aromatic nitrogens is 1. The van der Waals surface area contributed by atoms with Crippen molar-refractivity contribution >= 4 is 5.91 Å². The number of carbonyl (C=O) groups is 1. The third kappa shape index (κ3) is 3.92. The molecule has 0 aliphatic rings. The van der Waals surface area contributed by atoms with Crippen LogP contribution in [0, 0.1) is 11.2 Å². The number of hydrogen-bond acceptors (Lipinski definition) is 4. The van der Waals surface area contributed by atoms with Gasteiger partial charge in [0.25, 0.3) is 5.91 Å². The van der Waals surface area contributed by atoms with Crippen molar-refractivity contribution < 1.29 is 18.8 Å². The summed E-state index contributed by atoms with van der Waals surface area (Å²) < 4.78 is 18.0. The van der Waals surface area contributed by atoms with Gasteiger partial charge in [-0.15, -0.1) is 0 Å². The van der Waals surface area contributed by atoms with Crippen LogP contribution < -0.4 is 5.32 Å². The van der Waals surface area contributed by atoms with Crippen LogP contribution in [0.3, 0.4) is 0 Å². The van der Waals surface area contributed by atoms with Gasteiger partial charge in [-0.1, -0.05) is 25.9 Å². The first-order valence-electron chi connectivity index (χ1n) is 6.96. The predicted octanol–water partition coefficient (Wildman–Crippen LogP) is 2.62. The number of nitrogens with one attached hydrogen (secondary N) is 1. The Morgan fingerprint density at radius 2 is 2.00 bits per heavy atom. The largest absolute Gasteiger partial charge is 0.391 e. The summed E-state index contributed by atoms with van der Waals surface area (Å²) in [6, 6.07) is 7.17. The average molecular weight is 306 g/mol. The lowest BCUT2D eigenvalue weighted by Gasteiger charge is -2.25. The highest BCUT2D eigenvalue weighted by Crippen LogP contribution is 2.21. The van der Waals surface area contributed by atoms with Gasteiger partial charge < -0.3 is 14.9 Å². The van der Waals surface area contributed by atoms with E-state index in [0.29, 0.717) is 11.3 Å². The number of amides is 1. The minimum absolute atomic E-state index is 0.112. The first-order valence-corrected chi connectivity index (χ1v) is 6.96. The van der Waals surface area contributed by atoms with Crippen molar-refractivity contribution in [3.05, 3.63) is 41.8 Å². The van der Waals surface area contributed by atoms with Gasteiger partial charge in [0.2, 0.25) is 0 Å². The standard InChI is InChI=1S/C16H19FN2O3/c1-16(2,3)14(20)9-18-15(21)12-8-13(22-19-12)10-4-6-11(17)7-5-10/h4-8,14,20H,9H2,1-3H3,(H,18,21). The molecular weight excluding hydrogens is 287 g/mol. The molecule has 0 saturated carbocycles. The zero-order chi connectivity index (χ0) is 16.3. The van der Waals surface area contributed by atoms with Gasteiger partial charge in [0.05, 0.1) is 6.10 Å². The van der Waals surface area contributed by atoms with Crippen LogP contribution in [0.5, 0.6) is 0 Å². The van der Waals surface area contributed by atoms with Crippen molar-refractivity contribution in [2.75, 3.05) is 6.54 Å². The van der Waals surface area contributed by atoms with Crippen LogP contribution in [0.1, 0.15) is 31.3 Å². The van der Waals surface area contributed by atoms with E-state index in [4.69, 9.17) is 4.52 Å². The summed E-state index contributed by atoms with van der Waals surface area (Å²) in [5, 5.41) is 16.2. The second-order valence-electron chi connectivity index (χ2n) is 6.18. The average Bonchev–Trinajstić information content (AvgIpc) is 2.94. The summed E-state index contributed by atoms with van der Waals surface area (Å²) in [6.45, 7) is 5.77. The molecule has 5 nitrogen and oxygen atoms in total. The molecule has 1 heterocycles. The highest BCUT2D eigenvalue weighted by molar-refractivity contribution is 5.93. The molecule has 118 valence electrons. The second-order valence-corrected chi connectivity index (χ2v) is 6.18. The Morgan fingerprint density at radius 3 is 2.59 bits per heavy atom. The lowest BCUT2D eigenvalue weighted by molar-refractivity contribution is 0.0584. The minimum Gasteiger partial charge on any atom is -0.391 e. The summed E-state index contributed by atoms with van der Waals surface area (Å²) in [6.07, 6.45) is -0.667. The zero-order valence-corrected chi connectivity index (χ0v) is 12.8. The Hall–Kier alpha value is -2.21. The molecule has 2 N–H and O–H groups in total. The maximum absolute atomic E-state index is 12.9. The summed E-state index contributed by atoms with van der Waals surface area (Å²) in [5.74, 6) is -0.403. The predicted molar refractivity (Wildman–Crippen MR) is 79.7 cm³/mol. The van der Waals surface area contributed by atoms with E-state index in [0.717, 1.165) is 0 Å². The minimum atomic E-state index is -0.667. The number of rotatable bonds is 4. The number of carbonyl (C=O) groups excluding carboxylic acids is 1. The highest BCUT2D eigenvalue weighted by atomic mass is 19.1. The van der Waals surface area contributed by atoms with Crippen LogP contribution in [0.25, 0.3) is 11.3 Å². The smallest absolute Gasteiger partial charge is 0.273 e. The van der Waals surface area contributed by atoms with E-state index < -0.39 is 12.0 Å². The fourth-order valence-corrected chi connectivity index (χ4v) is 1.72. The van der Waals surface area contributed by atoms with Crippen LogP contribution in [0.2, 0.25) is 0 Å². The van der Waals surface area contributed by atoms with Crippen LogP contribution in [-0.2, 0) is 0 Å². The van der Waals surface area contributed by atoms with Gasteiger partial charge in [-0.2, -0.15) is 0 Å². The molecule has 0 aliphatic heterocycles. The van der Waals surface area contributed by atoms with E-state index in [1.807, 2.05) is 20.8 Å². The third-order valence-electron chi connectivity index (χ3n) is 3.33. The van der Waals surface area contributed by atoms with Crippen molar-refractivity contribution in [1.29, 1.82) is 0 Å². The van der Waals surface area contributed by atoms with Gasteiger partial charge in [0.15, 0.2) is 11.5 Å². The van der Waals surface area contributed by atoms with Gasteiger partial charge >= 0.3 is 0 Å². The summed E-state index contributed by atoms with van der Waals surface area (Å²) >= 11 is 0. The molecule has 2 aromatic rings. The van der Waals surface area contributed by atoms with Crippen molar-refractivity contribution in [3.8, 4) is 11.3 Å². The fourth-order valence-electron chi connectivity index (χ4n) is 1.72. The normalized spacial score (nSPS) is 13.0. The number of aliphatic hydroxyl groups excluding tert-OH is 1. The SMILES string of the molecule is CC(C)(C)C(O)CNC(=O)c1cc(-c2ccc(F)cc2)on1. The van der Waals surface area contributed by atoms with Crippen LogP contribution in [0.15, 0.2) is 34.9 Å². The molecule has 1 atom stereocenters. The van der Waals surface area contributed by atoms with Crippen molar-refractivity contribution in [2.45, 2.75) is 26.9 Å². The Labute approximate surface area is 128 Å². The van der Waals surface area contributed by atoms with Gasteiger partial charge in [0, 0.05) is 18.2 Å². The second kappa shape index (κ2) is 6.27. The Kier molecular flexibility index (Phi) is 4.61. The van der Waals surface area contributed by atoms with E-state index in [2.05, 4.69) is 10.5 Å². The van der Waals surface area contributed by atoms with Crippen molar-refractivity contribution in [1.82, 2.24) is 10.5 Å². The molecule has 0 aliphatic carbocycles. The molecule has 0 saturated heterocycles. The monoisotopic (exact) mass is 306 g/mol. The van der Waals surface area contributed by atoms with Crippen molar-refractivity contribution in [2.24, 2.45) is 5.41 Å². The quantitative estimate of drug-likeness (QED) is 0.910. The topological polar surface area (TPSA) is 75.4 Å². The van der Waals surface area contributed by atoms with E-state index in [1.54, 1.807) is 12.1 Å². The molecule has 1 unspecified atom stereocenters. The van der Waals surface area contributed by atoms with Gasteiger partial charge in [-0.25, -0.2) is 4.39 Å². The summed E-state index contributed by atoms with van der Waals surface area (Å²) in [7, 11) is 0. The maximum atomic E-state index is 12.9. The molecule has 0 bridgehead atoms. The first kappa shape index (κ1) is 16.2. The number of benzene rings is 1. The summed E-state index contributed by atoms with van der Waals surface area (Å²) in [4.78, 5) is 12.0. The summed E-state index contributed by atoms with van der Waals surface area (Å²) in [5.41, 5.74) is 0.416. The van der Waals surface area contributed by atoms with E-state index >= 15 is 0 Å². The Bertz CT molecular complexity index is 644. The molecule has 0 fully saturated rings. The third-order valence-corrected chi connectivity index (χ3v) is 3.33. The van der Waals surface area contributed by atoms with E-state index in [1.165, 1.54) is 18.2 Å². The molecule has 22 heavy (non-hydrogen) atoms. The maximum Gasteiger partial charge on any atom is 0.273 e. The number of aliphatic hydroxyl groups is 1. The first-order chi connectivity index (χ1) is 10.3. The molecule has 6 heteroatoms. The fraction of sp³-hybridized carbons (Fsp3) is 0.375. The zero-order valence-electron chi connectivity index (χ0n) is 12.8. The highest BCUT2D eigenvalue weighted by Gasteiger charge is 2.23. The Balaban J connectivity index is 2.02. The van der Waals surface area contributed by atoms with Crippen LogP contribution in [0.4, 0.5) is 4.39 Å². The molecular formula is C16H19FN2O3.